The van der Waals surface area contributed by atoms with Crippen LogP contribution in [0.5, 0.6) is 0 Å². The molecule has 2 atom stereocenters. The Morgan fingerprint density at radius 3 is 2.57 bits per heavy atom. The Labute approximate surface area is 129 Å². The lowest BCUT2D eigenvalue weighted by Gasteiger charge is -2.05. The van der Waals surface area contributed by atoms with E-state index >= 15 is 0 Å². The smallest absolute Gasteiger partial charge is 0.223 e. The molecule has 1 aromatic carbocycles. The van der Waals surface area contributed by atoms with E-state index < -0.39 is 0 Å². The van der Waals surface area contributed by atoms with E-state index in [4.69, 9.17) is 0 Å². The Bertz CT molecular complexity index is 415. The van der Waals surface area contributed by atoms with E-state index in [9.17, 15) is 4.79 Å². The highest BCUT2D eigenvalue weighted by molar-refractivity contribution is 5.81. The van der Waals surface area contributed by atoms with E-state index in [-0.39, 0.29) is 5.91 Å². The molecule has 0 bridgehead atoms. The fourth-order valence-corrected chi connectivity index (χ4v) is 2.99. The highest BCUT2D eigenvalue weighted by atomic mass is 16.2. The number of benzene rings is 1. The van der Waals surface area contributed by atoms with Crippen LogP contribution in [0, 0.1) is 11.8 Å². The van der Waals surface area contributed by atoms with Gasteiger partial charge >= 0.3 is 0 Å². The number of unbranched alkanes of at least 4 members (excludes halogenated alkanes) is 5. The third-order valence-corrected chi connectivity index (χ3v) is 4.50. The van der Waals surface area contributed by atoms with Gasteiger partial charge in [-0.05, 0) is 24.3 Å². The number of nitrogens with one attached hydrogen (secondary N) is 1. The Morgan fingerprint density at radius 2 is 1.81 bits per heavy atom. The third kappa shape index (κ3) is 5.91. The molecule has 1 aromatic rings. The average Bonchev–Trinajstić information content (AvgIpc) is 3.29. The lowest BCUT2D eigenvalue weighted by molar-refractivity contribution is -0.122. The zero-order valence-corrected chi connectivity index (χ0v) is 13.3. The molecule has 0 aliphatic heterocycles. The van der Waals surface area contributed by atoms with Gasteiger partial charge in [-0.25, -0.2) is 0 Å². The van der Waals surface area contributed by atoms with Crippen molar-refractivity contribution in [2.45, 2.75) is 64.8 Å². The average molecular weight is 287 g/mol. The summed E-state index contributed by atoms with van der Waals surface area (Å²) in [5, 5.41) is 3.07. The summed E-state index contributed by atoms with van der Waals surface area (Å²) in [6, 6.07) is 10.1. The minimum atomic E-state index is 0.259. The Balaban J connectivity index is 1.53. The van der Waals surface area contributed by atoms with Gasteiger partial charge in [-0.15, -0.1) is 0 Å². The van der Waals surface area contributed by atoms with Crippen LogP contribution in [0.25, 0.3) is 0 Å². The first-order chi connectivity index (χ1) is 10.3. The van der Waals surface area contributed by atoms with Crippen LogP contribution in [0.2, 0.25) is 0 Å². The van der Waals surface area contributed by atoms with Crippen molar-refractivity contribution in [1.82, 2.24) is 5.32 Å². The van der Waals surface area contributed by atoms with Gasteiger partial charge < -0.3 is 5.32 Å². The lowest BCUT2D eigenvalue weighted by Crippen LogP contribution is -2.24. The SMILES string of the molecule is CCCCCCCC[C@@H]1C[C@@H]1C(=O)NCc1ccccc1. The van der Waals surface area contributed by atoms with Gasteiger partial charge in [0, 0.05) is 12.5 Å². The maximum absolute atomic E-state index is 12.1. The van der Waals surface area contributed by atoms with Gasteiger partial charge in [0.2, 0.25) is 5.91 Å². The van der Waals surface area contributed by atoms with E-state index in [2.05, 4.69) is 24.4 Å². The van der Waals surface area contributed by atoms with Gasteiger partial charge in [-0.1, -0.05) is 75.8 Å². The second-order valence-corrected chi connectivity index (χ2v) is 6.36. The van der Waals surface area contributed by atoms with E-state index in [1.165, 1.54) is 50.5 Å². The Hall–Kier alpha value is -1.31. The van der Waals surface area contributed by atoms with Crippen molar-refractivity contribution in [3.8, 4) is 0 Å². The minimum Gasteiger partial charge on any atom is -0.352 e. The van der Waals surface area contributed by atoms with E-state index in [1.807, 2.05) is 18.2 Å². The first kappa shape index (κ1) is 16.1. The van der Waals surface area contributed by atoms with Gasteiger partial charge in [0.15, 0.2) is 0 Å². The van der Waals surface area contributed by atoms with Crippen LogP contribution in [-0.4, -0.2) is 5.91 Å². The van der Waals surface area contributed by atoms with E-state index in [1.54, 1.807) is 0 Å². The molecule has 1 aliphatic rings. The summed E-state index contributed by atoms with van der Waals surface area (Å²) in [7, 11) is 0. The molecule has 0 radical (unpaired) electrons. The zero-order chi connectivity index (χ0) is 14.9. The summed E-state index contributed by atoms with van der Waals surface area (Å²) in [6.45, 7) is 2.92. The number of amides is 1. The monoisotopic (exact) mass is 287 g/mol. The predicted molar refractivity (Wildman–Crippen MR) is 87.9 cm³/mol. The van der Waals surface area contributed by atoms with Gasteiger partial charge in [0.25, 0.3) is 0 Å². The van der Waals surface area contributed by atoms with Crippen LogP contribution >= 0.6 is 0 Å². The van der Waals surface area contributed by atoms with E-state index in [0.717, 1.165) is 6.42 Å². The number of rotatable bonds is 10. The maximum atomic E-state index is 12.1. The van der Waals surface area contributed by atoms with Crippen molar-refractivity contribution < 1.29 is 4.79 Å². The molecule has 1 aliphatic carbocycles. The molecule has 0 spiro atoms. The fraction of sp³-hybridized carbons (Fsp3) is 0.632. The summed E-state index contributed by atoms with van der Waals surface area (Å²) in [5.74, 6) is 1.21. The van der Waals surface area contributed by atoms with E-state index in [0.29, 0.717) is 18.4 Å². The molecule has 2 rings (SSSR count). The molecular formula is C19H29NO. The second kappa shape index (κ2) is 8.86. The largest absolute Gasteiger partial charge is 0.352 e. The zero-order valence-electron chi connectivity index (χ0n) is 13.3. The number of hydrogen-bond acceptors (Lipinski definition) is 1. The minimum absolute atomic E-state index is 0.259. The Kier molecular flexibility index (Phi) is 6.78. The molecule has 0 saturated heterocycles. The maximum Gasteiger partial charge on any atom is 0.223 e. The van der Waals surface area contributed by atoms with Crippen molar-refractivity contribution in [3.05, 3.63) is 35.9 Å². The molecule has 1 amide bonds. The highest BCUT2D eigenvalue weighted by Gasteiger charge is 2.41. The summed E-state index contributed by atoms with van der Waals surface area (Å²) in [6.07, 6.45) is 10.4. The summed E-state index contributed by atoms with van der Waals surface area (Å²) >= 11 is 0. The van der Waals surface area contributed by atoms with Crippen LogP contribution < -0.4 is 5.32 Å². The van der Waals surface area contributed by atoms with Crippen LogP contribution in [0.1, 0.15) is 63.9 Å². The molecule has 2 nitrogen and oxygen atoms in total. The van der Waals surface area contributed by atoms with Crippen LogP contribution in [-0.2, 0) is 11.3 Å². The van der Waals surface area contributed by atoms with Crippen LogP contribution in [0.4, 0.5) is 0 Å². The van der Waals surface area contributed by atoms with Crippen molar-refractivity contribution >= 4 is 5.91 Å². The second-order valence-electron chi connectivity index (χ2n) is 6.36. The standard InChI is InChI=1S/C19H29NO/c1-2-3-4-5-6-10-13-17-14-18(17)19(21)20-15-16-11-8-7-9-12-16/h7-9,11-12,17-18H,2-6,10,13-15H2,1H3,(H,20,21)/t17-,18+/m1/s1. The van der Waals surface area contributed by atoms with Gasteiger partial charge in [0.05, 0.1) is 0 Å². The summed E-state index contributed by atoms with van der Waals surface area (Å²) in [4.78, 5) is 12.1. The molecule has 0 aromatic heterocycles. The predicted octanol–water partition coefficient (Wildman–Crippen LogP) is 4.69. The molecule has 1 fully saturated rings. The van der Waals surface area contributed by atoms with Crippen molar-refractivity contribution in [2.24, 2.45) is 11.8 Å². The Morgan fingerprint density at radius 1 is 1.10 bits per heavy atom. The van der Waals surface area contributed by atoms with Crippen molar-refractivity contribution in [2.75, 3.05) is 0 Å². The molecule has 116 valence electrons. The molecule has 1 saturated carbocycles. The quantitative estimate of drug-likeness (QED) is 0.621. The molecule has 2 heteroatoms. The lowest BCUT2D eigenvalue weighted by atomic mass is 10.1. The van der Waals surface area contributed by atoms with Crippen molar-refractivity contribution in [1.29, 1.82) is 0 Å². The van der Waals surface area contributed by atoms with Crippen LogP contribution in [0.15, 0.2) is 30.3 Å². The fourth-order valence-electron chi connectivity index (χ4n) is 2.99. The van der Waals surface area contributed by atoms with Gasteiger partial charge in [0.1, 0.15) is 0 Å². The molecule has 0 unspecified atom stereocenters. The molecule has 21 heavy (non-hydrogen) atoms. The van der Waals surface area contributed by atoms with Crippen LogP contribution in [0.3, 0.4) is 0 Å². The number of carbonyl (C=O) groups excluding carboxylic acids is 1. The topological polar surface area (TPSA) is 29.1 Å². The number of hydrogen-bond donors (Lipinski definition) is 1. The summed E-state index contributed by atoms with van der Waals surface area (Å²) in [5.41, 5.74) is 1.18. The first-order valence-corrected chi connectivity index (χ1v) is 8.63. The first-order valence-electron chi connectivity index (χ1n) is 8.63. The molecule has 1 N–H and O–H groups in total. The molecular weight excluding hydrogens is 258 g/mol. The third-order valence-electron chi connectivity index (χ3n) is 4.50. The number of carbonyl (C=O) groups is 1. The van der Waals surface area contributed by atoms with Gasteiger partial charge in [-0.3, -0.25) is 4.79 Å². The summed E-state index contributed by atoms with van der Waals surface area (Å²) < 4.78 is 0. The van der Waals surface area contributed by atoms with Gasteiger partial charge in [-0.2, -0.15) is 0 Å². The van der Waals surface area contributed by atoms with Crippen molar-refractivity contribution in [3.63, 3.8) is 0 Å². The highest BCUT2D eigenvalue weighted by Crippen LogP contribution is 2.42. The molecule has 0 heterocycles. The normalized spacial score (nSPS) is 20.2.